The molecule has 0 N–H and O–H groups in total. The van der Waals surface area contributed by atoms with Crippen molar-refractivity contribution in [2.24, 2.45) is 46.3 Å². The summed E-state index contributed by atoms with van der Waals surface area (Å²) in [7, 11) is -3.17. The molecule has 0 saturated heterocycles. The van der Waals surface area contributed by atoms with Gasteiger partial charge in [-0.15, -0.1) is 0 Å². The van der Waals surface area contributed by atoms with E-state index in [4.69, 9.17) is 4.52 Å². The van der Waals surface area contributed by atoms with E-state index in [2.05, 4.69) is 40.7 Å². The van der Waals surface area contributed by atoms with Crippen molar-refractivity contribution in [1.82, 2.24) is 0 Å². The van der Waals surface area contributed by atoms with Crippen LogP contribution in [0.4, 0.5) is 0 Å². The lowest BCUT2D eigenvalue weighted by Crippen LogP contribution is -2.51. The van der Waals surface area contributed by atoms with Crippen molar-refractivity contribution in [1.29, 1.82) is 0 Å². The molecule has 0 bridgehead atoms. The molecule has 0 heterocycles. The minimum atomic E-state index is -3.17. The lowest BCUT2D eigenvalue weighted by atomic mass is 9.47. The van der Waals surface area contributed by atoms with Crippen molar-refractivity contribution in [3.8, 4) is 0 Å². The Bertz CT molecular complexity index is 1240. The van der Waals surface area contributed by atoms with Gasteiger partial charge in [0.1, 0.15) is 0 Å². The molecule has 3 fully saturated rings. The van der Waals surface area contributed by atoms with Gasteiger partial charge < -0.3 is 4.52 Å². The monoisotopic (exact) mass is 586 g/mol. The normalized spacial score (nSPS) is 35.2. The summed E-state index contributed by atoms with van der Waals surface area (Å²) < 4.78 is 21.4. The first kappa shape index (κ1) is 30.4. The molecule has 4 aliphatic rings. The van der Waals surface area contributed by atoms with E-state index in [0.717, 1.165) is 65.4 Å². The van der Waals surface area contributed by atoms with Gasteiger partial charge in [0, 0.05) is 10.6 Å². The predicted octanol–water partition coefficient (Wildman–Crippen LogP) is 10.3. The van der Waals surface area contributed by atoms with Crippen LogP contribution in [0.3, 0.4) is 0 Å². The Balaban J connectivity index is 1.18. The third-order valence-corrected chi connectivity index (χ3v) is 15.3. The van der Waals surface area contributed by atoms with Crippen LogP contribution in [0.15, 0.2) is 72.3 Å². The fourth-order valence-corrected chi connectivity index (χ4v) is 12.7. The van der Waals surface area contributed by atoms with Gasteiger partial charge in [0.2, 0.25) is 0 Å². The first-order valence-electron chi connectivity index (χ1n) is 17.2. The topological polar surface area (TPSA) is 26.3 Å². The second-order valence-corrected chi connectivity index (χ2v) is 17.8. The molecule has 3 heteroatoms. The number of hydrogen-bond acceptors (Lipinski definition) is 2. The van der Waals surface area contributed by atoms with E-state index in [9.17, 15) is 4.57 Å². The zero-order valence-corrected chi connectivity index (χ0v) is 27.8. The van der Waals surface area contributed by atoms with Gasteiger partial charge in [-0.3, -0.25) is 4.57 Å². The molecule has 2 aromatic carbocycles. The molecule has 4 aliphatic carbocycles. The number of hydrogen-bond donors (Lipinski definition) is 0. The first-order valence-corrected chi connectivity index (χ1v) is 18.9. The van der Waals surface area contributed by atoms with Gasteiger partial charge in [-0.2, -0.15) is 0 Å². The zero-order valence-electron chi connectivity index (χ0n) is 26.9. The largest absolute Gasteiger partial charge is 0.318 e. The Hall–Kier alpha value is -1.63. The Morgan fingerprint density at radius 1 is 0.833 bits per heavy atom. The van der Waals surface area contributed by atoms with Gasteiger partial charge >= 0.3 is 0 Å². The molecule has 0 unspecified atom stereocenters. The third kappa shape index (κ3) is 5.43. The van der Waals surface area contributed by atoms with E-state index < -0.39 is 7.37 Å². The predicted molar refractivity (Wildman–Crippen MR) is 178 cm³/mol. The average molecular weight is 587 g/mol. The smallest absolute Gasteiger partial charge is 0.261 e. The Morgan fingerprint density at radius 3 is 2.14 bits per heavy atom. The van der Waals surface area contributed by atoms with Crippen LogP contribution >= 0.6 is 7.37 Å². The van der Waals surface area contributed by atoms with Crippen molar-refractivity contribution in [2.75, 3.05) is 0 Å². The van der Waals surface area contributed by atoms with E-state index in [1.165, 1.54) is 51.4 Å². The molecule has 8 atom stereocenters. The highest BCUT2D eigenvalue weighted by molar-refractivity contribution is 7.74. The van der Waals surface area contributed by atoms with Crippen LogP contribution in [0.2, 0.25) is 0 Å². The molecule has 2 nitrogen and oxygen atoms in total. The highest BCUT2D eigenvalue weighted by atomic mass is 31.2. The van der Waals surface area contributed by atoms with Crippen LogP contribution in [0.5, 0.6) is 0 Å². The Kier molecular flexibility index (Phi) is 8.72. The molecule has 6 rings (SSSR count). The maximum absolute atomic E-state index is 14.7. The number of allylic oxidation sites excluding steroid dienone is 1. The molecule has 2 aromatic rings. The van der Waals surface area contributed by atoms with Crippen LogP contribution in [0.1, 0.15) is 105 Å². The molecular formula is C39H55O2P. The summed E-state index contributed by atoms with van der Waals surface area (Å²) in [4.78, 5) is 0. The first-order chi connectivity index (χ1) is 20.1. The van der Waals surface area contributed by atoms with Crippen LogP contribution in [-0.4, -0.2) is 6.10 Å². The molecule has 0 aliphatic heterocycles. The van der Waals surface area contributed by atoms with E-state index in [1.807, 2.05) is 60.7 Å². The molecule has 0 aromatic heterocycles. The number of fused-ring (bicyclic) bond motifs is 5. The quantitative estimate of drug-likeness (QED) is 0.216. The second kappa shape index (κ2) is 12.0. The van der Waals surface area contributed by atoms with Gasteiger partial charge in [-0.1, -0.05) is 102 Å². The zero-order chi connectivity index (χ0) is 29.5. The fourth-order valence-electron chi connectivity index (χ4n) is 10.5. The molecule has 42 heavy (non-hydrogen) atoms. The van der Waals surface area contributed by atoms with E-state index in [0.29, 0.717) is 5.41 Å². The summed E-state index contributed by atoms with van der Waals surface area (Å²) in [6.07, 6.45) is 16.9. The van der Waals surface area contributed by atoms with Crippen LogP contribution in [0.25, 0.3) is 0 Å². The van der Waals surface area contributed by atoms with Crippen LogP contribution < -0.4 is 10.6 Å². The molecule has 228 valence electrons. The summed E-state index contributed by atoms with van der Waals surface area (Å²) in [5, 5.41) is 1.62. The summed E-state index contributed by atoms with van der Waals surface area (Å²) in [6, 6.07) is 19.8. The summed E-state index contributed by atoms with van der Waals surface area (Å²) in [5.74, 6) is 5.10. The Labute approximate surface area is 256 Å². The van der Waals surface area contributed by atoms with Crippen LogP contribution in [0, 0.1) is 46.3 Å². The summed E-state index contributed by atoms with van der Waals surface area (Å²) in [5.41, 5.74) is 2.40. The maximum Gasteiger partial charge on any atom is 0.261 e. The average Bonchev–Trinajstić information content (AvgIpc) is 3.35. The van der Waals surface area contributed by atoms with Crippen molar-refractivity contribution in [2.45, 2.75) is 111 Å². The van der Waals surface area contributed by atoms with Gasteiger partial charge in [-0.25, -0.2) is 0 Å². The van der Waals surface area contributed by atoms with Crippen molar-refractivity contribution < 1.29 is 9.09 Å². The highest BCUT2D eigenvalue weighted by Crippen LogP contribution is 2.67. The molecule has 0 radical (unpaired) electrons. The highest BCUT2D eigenvalue weighted by Gasteiger charge is 2.59. The molecule has 3 saturated carbocycles. The summed E-state index contributed by atoms with van der Waals surface area (Å²) in [6.45, 7) is 12.6. The minimum absolute atomic E-state index is 0.00327. The second-order valence-electron chi connectivity index (χ2n) is 15.5. The molecular weight excluding hydrogens is 531 g/mol. The van der Waals surface area contributed by atoms with Crippen molar-refractivity contribution in [3.63, 3.8) is 0 Å². The number of rotatable bonds is 9. The molecule has 0 amide bonds. The van der Waals surface area contributed by atoms with Crippen molar-refractivity contribution >= 4 is 18.0 Å². The maximum atomic E-state index is 14.7. The van der Waals surface area contributed by atoms with Gasteiger partial charge in [0.25, 0.3) is 7.37 Å². The lowest BCUT2D eigenvalue weighted by molar-refractivity contribution is -0.0556. The van der Waals surface area contributed by atoms with Gasteiger partial charge in [0.15, 0.2) is 0 Å². The fraction of sp³-hybridized carbons (Fsp3) is 0.641. The molecule has 0 spiro atoms. The Morgan fingerprint density at radius 2 is 1.50 bits per heavy atom. The third-order valence-electron chi connectivity index (χ3n) is 12.7. The van der Waals surface area contributed by atoms with Gasteiger partial charge in [0.05, 0.1) is 6.10 Å². The number of benzene rings is 2. The van der Waals surface area contributed by atoms with E-state index >= 15 is 0 Å². The minimum Gasteiger partial charge on any atom is -0.318 e. The standard InChI is InChI=1S/C39H55O2P/c1-28(2)13-12-14-29(3)35-21-22-36-34-20-19-30-27-31(23-25-38(30,4)37(34)24-26-39(35,36)5)41-42(40,32-15-8-6-9-16-32)33-17-10-7-11-18-33/h6-11,15-19,28-29,31,34-37H,12-14,20-27H2,1-5H3/t29-,31-,34+,35-,36+,37+,38-,39+/m0/s1. The lowest BCUT2D eigenvalue weighted by Gasteiger charge is -2.58. The van der Waals surface area contributed by atoms with Crippen LogP contribution in [-0.2, 0) is 9.09 Å². The SMILES string of the molecule is CC(C)CCC[C@H](C)[C@@H]1CC[C@@H]2[C@H]3CC=C4C[C@@H](OP(=O)(c5ccccc5)c5ccccc5)CC[C@]4(C)[C@@H]3CC[C@@]21C. The summed E-state index contributed by atoms with van der Waals surface area (Å²) >= 11 is 0. The van der Waals surface area contributed by atoms with Gasteiger partial charge in [-0.05, 0) is 122 Å². The van der Waals surface area contributed by atoms with E-state index in [-0.39, 0.29) is 11.5 Å². The van der Waals surface area contributed by atoms with Crippen molar-refractivity contribution in [3.05, 3.63) is 72.3 Å². The van der Waals surface area contributed by atoms with E-state index in [1.54, 1.807) is 5.57 Å².